The number of rotatable bonds is 5. The third-order valence-corrected chi connectivity index (χ3v) is 5.98. The highest BCUT2D eigenvalue weighted by Crippen LogP contribution is 2.30. The van der Waals surface area contributed by atoms with Gasteiger partial charge in [-0.2, -0.15) is 0 Å². The fraction of sp³-hybridized carbons (Fsp3) is 0.111. The Morgan fingerprint density at radius 1 is 1.11 bits per heavy atom. The maximum atomic E-state index is 14.2. The predicted octanol–water partition coefficient (Wildman–Crippen LogP) is 3.68. The molecule has 0 fully saturated rings. The highest BCUT2D eigenvalue weighted by atomic mass is 32.2. The van der Waals surface area contributed by atoms with Crippen LogP contribution in [0.25, 0.3) is 11.3 Å². The summed E-state index contributed by atoms with van der Waals surface area (Å²) in [4.78, 5) is -0.0580. The molecule has 0 spiro atoms. The Morgan fingerprint density at radius 2 is 1.85 bits per heavy atom. The van der Waals surface area contributed by atoms with E-state index in [1.807, 2.05) is 0 Å². The smallest absolute Gasteiger partial charge is 0.268 e. The molecule has 0 saturated carbocycles. The number of hydrogen-bond donors (Lipinski definition) is 1. The van der Waals surface area contributed by atoms with Crippen LogP contribution in [0.3, 0.4) is 0 Å². The summed E-state index contributed by atoms with van der Waals surface area (Å²) >= 11 is -1.37. The average Bonchev–Trinajstić information content (AvgIpc) is 2.97. The fourth-order valence-electron chi connectivity index (χ4n) is 2.66. The fourth-order valence-corrected chi connectivity index (χ4v) is 4.59. The van der Waals surface area contributed by atoms with Crippen LogP contribution in [-0.2, 0) is 21.4 Å². The van der Waals surface area contributed by atoms with Crippen molar-refractivity contribution in [1.82, 2.24) is 3.97 Å². The van der Waals surface area contributed by atoms with Gasteiger partial charge in [-0.05, 0) is 48.9 Å². The number of hydrogen-bond acceptors (Lipinski definition) is 4. The normalized spacial score (nSPS) is 12.8. The number of halogens is 2. The number of aromatic nitrogens is 1. The number of nitrogens with one attached hydrogen (secondary N) is 1. The summed E-state index contributed by atoms with van der Waals surface area (Å²) in [6.07, 6.45) is 2.79. The summed E-state index contributed by atoms with van der Waals surface area (Å²) in [6, 6.07) is 10.3. The van der Waals surface area contributed by atoms with Crippen molar-refractivity contribution in [3.63, 3.8) is 0 Å². The molecule has 0 aliphatic rings. The van der Waals surface area contributed by atoms with Crippen molar-refractivity contribution >= 4 is 27.1 Å². The van der Waals surface area contributed by atoms with E-state index in [1.165, 1.54) is 42.8 Å². The molecule has 3 aromatic rings. The first-order chi connectivity index (χ1) is 12.7. The average molecular weight is 410 g/mol. The number of benzene rings is 2. The van der Waals surface area contributed by atoms with Gasteiger partial charge in [-0.25, -0.2) is 25.9 Å². The Morgan fingerprint density at radius 3 is 2.52 bits per heavy atom. The van der Waals surface area contributed by atoms with Gasteiger partial charge >= 0.3 is 0 Å². The van der Waals surface area contributed by atoms with E-state index in [4.69, 9.17) is 0 Å². The van der Waals surface area contributed by atoms with E-state index < -0.39 is 33.0 Å². The van der Waals surface area contributed by atoms with Gasteiger partial charge in [0.1, 0.15) is 17.9 Å². The van der Waals surface area contributed by atoms with E-state index >= 15 is 0 Å². The second-order valence-corrected chi connectivity index (χ2v) is 8.84. The zero-order valence-corrected chi connectivity index (χ0v) is 16.1. The van der Waals surface area contributed by atoms with Crippen LogP contribution in [0, 0.1) is 18.6 Å². The molecule has 1 aromatic heterocycles. The van der Waals surface area contributed by atoms with Crippen LogP contribution in [0.1, 0.15) is 5.56 Å². The van der Waals surface area contributed by atoms with Crippen molar-refractivity contribution in [3.05, 3.63) is 71.9 Å². The highest BCUT2D eigenvalue weighted by molar-refractivity contribution is 7.92. The molecule has 1 unspecified atom stereocenters. The molecule has 0 radical (unpaired) electrons. The van der Waals surface area contributed by atoms with Gasteiger partial charge in [0.05, 0.1) is 27.6 Å². The molecule has 0 bridgehead atoms. The maximum Gasteiger partial charge on any atom is 0.268 e. The lowest BCUT2D eigenvalue weighted by Crippen LogP contribution is -2.15. The maximum absolute atomic E-state index is 14.2. The third kappa shape index (κ3) is 4.00. The summed E-state index contributed by atoms with van der Waals surface area (Å²) in [5.41, 5.74) is 1.02. The Hall–Kier alpha value is -2.36. The van der Waals surface area contributed by atoms with E-state index in [0.29, 0.717) is 17.3 Å². The van der Waals surface area contributed by atoms with E-state index in [2.05, 4.69) is 4.72 Å². The van der Waals surface area contributed by atoms with Gasteiger partial charge in [-0.15, -0.1) is 0 Å². The van der Waals surface area contributed by atoms with Gasteiger partial charge in [0, 0.05) is 17.8 Å². The van der Waals surface area contributed by atoms with Crippen LogP contribution in [0.4, 0.5) is 14.5 Å². The Labute approximate surface area is 159 Å². The van der Waals surface area contributed by atoms with E-state index in [9.17, 15) is 21.8 Å². The topological polar surface area (TPSA) is 74.2 Å². The molecule has 0 saturated heterocycles. The number of nitrogens with zero attached hydrogens (tertiary/aromatic N) is 1. The molecular formula is C18H16F2N2O3S2. The van der Waals surface area contributed by atoms with Gasteiger partial charge in [0.2, 0.25) is 0 Å². The Bertz CT molecular complexity index is 1100. The minimum atomic E-state index is -4.06. The highest BCUT2D eigenvalue weighted by Gasteiger charge is 2.23. The van der Waals surface area contributed by atoms with Crippen molar-refractivity contribution < 1.29 is 21.8 Å². The molecular weight excluding hydrogens is 394 g/mol. The van der Waals surface area contributed by atoms with Crippen LogP contribution in [-0.4, -0.2) is 23.2 Å². The van der Waals surface area contributed by atoms with Crippen LogP contribution in [0.15, 0.2) is 59.6 Å². The second kappa shape index (κ2) is 7.34. The summed E-state index contributed by atoms with van der Waals surface area (Å²) in [6.45, 7) is 1.68. The lowest BCUT2D eigenvalue weighted by molar-refractivity contribution is 0.583. The van der Waals surface area contributed by atoms with Gasteiger partial charge in [0.15, 0.2) is 0 Å². The first-order valence-electron chi connectivity index (χ1n) is 7.78. The molecule has 1 heterocycles. The SMILES string of the molecule is Cc1cc(-c2ccc(F)cc2F)n(S(=O)(=O)c2cccc(N[S+](C)[O-])c2)c1. The number of aryl methyl sites for hydroxylation is 1. The molecule has 1 N–H and O–H groups in total. The van der Waals surface area contributed by atoms with Gasteiger partial charge in [-0.3, -0.25) is 0 Å². The molecule has 142 valence electrons. The quantitative estimate of drug-likeness (QED) is 0.651. The van der Waals surface area contributed by atoms with Gasteiger partial charge < -0.3 is 4.55 Å². The van der Waals surface area contributed by atoms with Crippen LogP contribution >= 0.6 is 0 Å². The van der Waals surface area contributed by atoms with E-state index in [0.717, 1.165) is 10.0 Å². The zero-order valence-electron chi connectivity index (χ0n) is 14.4. The second-order valence-electron chi connectivity index (χ2n) is 5.91. The predicted molar refractivity (Wildman–Crippen MR) is 101 cm³/mol. The molecule has 1 atom stereocenters. The van der Waals surface area contributed by atoms with Crippen LogP contribution in [0.2, 0.25) is 0 Å². The third-order valence-electron chi connectivity index (χ3n) is 3.78. The standard InChI is InChI=1S/C18H16F2N2O3S2/c1-12-8-18(16-7-6-13(19)9-17(16)20)22(11-12)27(24,25)15-5-3-4-14(10-15)21-26(2)23/h3-11,21H,1-2H3. The molecule has 0 aliphatic heterocycles. The summed E-state index contributed by atoms with van der Waals surface area (Å²) < 4.78 is 68.6. The lowest BCUT2D eigenvalue weighted by Gasteiger charge is -2.13. The van der Waals surface area contributed by atoms with Crippen molar-refractivity contribution in [2.24, 2.45) is 0 Å². The molecule has 5 nitrogen and oxygen atoms in total. The molecule has 9 heteroatoms. The molecule has 2 aromatic carbocycles. The summed E-state index contributed by atoms with van der Waals surface area (Å²) in [5.74, 6) is -1.61. The number of anilines is 1. The Balaban J connectivity index is 2.14. The molecule has 0 amide bonds. The summed E-state index contributed by atoms with van der Waals surface area (Å²) in [5, 5.41) is 0. The first kappa shape index (κ1) is 19.4. The minimum absolute atomic E-state index is 0.0305. The first-order valence-corrected chi connectivity index (χ1v) is 10.8. The lowest BCUT2D eigenvalue weighted by atomic mass is 10.1. The van der Waals surface area contributed by atoms with Crippen molar-refractivity contribution in [2.45, 2.75) is 11.8 Å². The van der Waals surface area contributed by atoms with E-state index in [1.54, 1.807) is 13.0 Å². The molecule has 0 aliphatic carbocycles. The Kier molecular flexibility index (Phi) is 5.27. The van der Waals surface area contributed by atoms with Crippen LogP contribution < -0.4 is 4.72 Å². The summed E-state index contributed by atoms with van der Waals surface area (Å²) in [7, 11) is -4.06. The van der Waals surface area contributed by atoms with Crippen molar-refractivity contribution in [1.29, 1.82) is 0 Å². The minimum Gasteiger partial charge on any atom is -0.593 e. The van der Waals surface area contributed by atoms with Gasteiger partial charge in [-0.1, -0.05) is 6.07 Å². The molecule has 27 heavy (non-hydrogen) atoms. The zero-order chi connectivity index (χ0) is 19.8. The largest absolute Gasteiger partial charge is 0.593 e. The molecule has 3 rings (SSSR count). The van der Waals surface area contributed by atoms with Crippen molar-refractivity contribution in [2.75, 3.05) is 11.0 Å². The van der Waals surface area contributed by atoms with Crippen molar-refractivity contribution in [3.8, 4) is 11.3 Å². The van der Waals surface area contributed by atoms with E-state index in [-0.39, 0.29) is 16.2 Å². The monoisotopic (exact) mass is 410 g/mol. The van der Waals surface area contributed by atoms with Gasteiger partial charge in [0.25, 0.3) is 10.0 Å². The van der Waals surface area contributed by atoms with Crippen LogP contribution in [0.5, 0.6) is 0 Å².